The molecular formula is C33H51N5O10. The number of hydrogen-bond donors (Lipinski definition) is 4. The third kappa shape index (κ3) is 15.4. The first-order valence-corrected chi connectivity index (χ1v) is 15.7. The normalized spacial score (nSPS) is 12.5. The molecule has 0 saturated heterocycles. The highest BCUT2D eigenvalue weighted by Crippen LogP contribution is 2.24. The summed E-state index contributed by atoms with van der Waals surface area (Å²) in [5.74, 6) is -1.02. The molecule has 0 aliphatic rings. The number of rotatable bonds is 14. The van der Waals surface area contributed by atoms with Crippen LogP contribution in [0.3, 0.4) is 0 Å². The van der Waals surface area contributed by atoms with Crippen LogP contribution in [0, 0.1) is 0 Å². The van der Waals surface area contributed by atoms with Gasteiger partial charge < -0.3 is 44.7 Å². The molecule has 15 heteroatoms. The monoisotopic (exact) mass is 677 g/mol. The van der Waals surface area contributed by atoms with Crippen molar-refractivity contribution < 1.29 is 48.3 Å². The maximum Gasteiger partial charge on any atom is 0.410 e. The SMILES string of the molecule is CC(C)(C)OC(=O)NCCCn1nc(-c2ccc(OC[C@@H](O)C(=O)O)cc2)cc1CN(CCNC(=O)OC(C)(C)C)C(=O)OC(C)(C)C. The molecule has 0 aliphatic carbocycles. The number of hydrogen-bond acceptors (Lipinski definition) is 10. The number of amides is 3. The van der Waals surface area contributed by atoms with Crippen LogP contribution >= 0.6 is 0 Å². The number of benzene rings is 1. The Balaban J connectivity index is 2.30. The Morgan fingerprint density at radius 1 is 0.854 bits per heavy atom. The number of nitrogens with zero attached hydrogens (tertiary/aromatic N) is 3. The number of ether oxygens (including phenoxy) is 4. The average molecular weight is 678 g/mol. The van der Waals surface area contributed by atoms with Gasteiger partial charge in [0, 0.05) is 31.7 Å². The molecule has 268 valence electrons. The van der Waals surface area contributed by atoms with Crippen molar-refractivity contribution >= 4 is 24.2 Å². The summed E-state index contributed by atoms with van der Waals surface area (Å²) in [5.41, 5.74) is -0.122. The molecule has 15 nitrogen and oxygen atoms in total. The molecule has 1 aromatic heterocycles. The van der Waals surface area contributed by atoms with Gasteiger partial charge in [-0.1, -0.05) is 0 Å². The lowest BCUT2D eigenvalue weighted by molar-refractivity contribution is -0.148. The summed E-state index contributed by atoms with van der Waals surface area (Å²) in [6.45, 7) is 16.5. The molecule has 2 rings (SSSR count). The van der Waals surface area contributed by atoms with E-state index in [0.717, 1.165) is 0 Å². The van der Waals surface area contributed by atoms with Crippen LogP contribution in [0.5, 0.6) is 5.75 Å². The molecule has 0 spiro atoms. The number of carboxylic acid groups (broad SMARTS) is 1. The van der Waals surface area contributed by atoms with E-state index in [-0.39, 0.29) is 19.6 Å². The van der Waals surface area contributed by atoms with Gasteiger partial charge >= 0.3 is 24.2 Å². The zero-order chi connectivity index (χ0) is 36.3. The van der Waals surface area contributed by atoms with Gasteiger partial charge in [0.2, 0.25) is 0 Å². The van der Waals surface area contributed by atoms with Crippen molar-refractivity contribution in [1.82, 2.24) is 25.3 Å². The maximum atomic E-state index is 13.3. The van der Waals surface area contributed by atoms with Gasteiger partial charge in [-0.25, -0.2) is 19.2 Å². The predicted octanol–water partition coefficient (Wildman–Crippen LogP) is 4.55. The van der Waals surface area contributed by atoms with Gasteiger partial charge in [-0.05, 0) is 99.1 Å². The molecular weight excluding hydrogens is 626 g/mol. The fourth-order valence-electron chi connectivity index (χ4n) is 3.98. The molecule has 48 heavy (non-hydrogen) atoms. The number of aliphatic carboxylic acids is 1. The molecule has 0 radical (unpaired) electrons. The Morgan fingerprint density at radius 3 is 1.92 bits per heavy atom. The molecule has 3 amide bonds. The van der Waals surface area contributed by atoms with E-state index in [0.29, 0.717) is 42.2 Å². The van der Waals surface area contributed by atoms with Crippen molar-refractivity contribution in [3.05, 3.63) is 36.0 Å². The van der Waals surface area contributed by atoms with Gasteiger partial charge in [0.1, 0.15) is 29.2 Å². The molecule has 0 saturated carbocycles. The molecule has 4 N–H and O–H groups in total. The number of alkyl carbamates (subject to hydrolysis) is 2. The standard InChI is InChI=1S/C33H51N5O10/c1-31(2,3)46-28(42)34-15-10-17-38-23(19-25(36-38)22-11-13-24(14-12-22)45-21-26(39)27(40)41)20-37(30(44)48-33(7,8)9)18-16-35-29(43)47-32(4,5)6/h11-14,19,26,39H,10,15-18,20-21H2,1-9H3,(H,34,42)(H,35,43)(H,40,41)/t26-/m1/s1. The van der Waals surface area contributed by atoms with Crippen molar-refractivity contribution in [2.24, 2.45) is 0 Å². The number of aryl methyl sites for hydroxylation is 1. The Labute approximate surface area is 281 Å². The molecule has 1 aromatic carbocycles. The second-order valence-electron chi connectivity index (χ2n) is 14.0. The van der Waals surface area contributed by atoms with E-state index in [2.05, 4.69) is 10.6 Å². The van der Waals surface area contributed by atoms with Gasteiger partial charge in [-0.2, -0.15) is 5.10 Å². The van der Waals surface area contributed by atoms with Crippen LogP contribution in [-0.2, 0) is 32.1 Å². The predicted molar refractivity (Wildman–Crippen MR) is 177 cm³/mol. The lowest BCUT2D eigenvalue weighted by Gasteiger charge is -2.28. The fraction of sp³-hybridized carbons (Fsp3) is 0.606. The zero-order valence-corrected chi connectivity index (χ0v) is 29.4. The van der Waals surface area contributed by atoms with Crippen LogP contribution in [0.15, 0.2) is 30.3 Å². The fourth-order valence-corrected chi connectivity index (χ4v) is 3.98. The Kier molecular flexibility index (Phi) is 14.1. The summed E-state index contributed by atoms with van der Waals surface area (Å²) < 4.78 is 23.4. The smallest absolute Gasteiger partial charge is 0.410 e. The molecule has 2 aromatic rings. The van der Waals surface area contributed by atoms with Crippen LogP contribution in [0.25, 0.3) is 11.3 Å². The maximum absolute atomic E-state index is 13.3. The van der Waals surface area contributed by atoms with E-state index in [9.17, 15) is 24.3 Å². The van der Waals surface area contributed by atoms with E-state index in [1.54, 1.807) is 91.3 Å². The number of aliphatic hydroxyl groups is 1. The van der Waals surface area contributed by atoms with Crippen LogP contribution in [-0.4, -0.2) is 98.3 Å². The molecule has 0 fully saturated rings. The molecule has 0 unspecified atom stereocenters. The number of carbonyl (C=O) groups is 4. The number of carbonyl (C=O) groups excluding carboxylic acids is 3. The average Bonchev–Trinajstić information content (AvgIpc) is 3.33. The van der Waals surface area contributed by atoms with Crippen LogP contribution in [0.4, 0.5) is 14.4 Å². The highest BCUT2D eigenvalue weighted by atomic mass is 16.6. The highest BCUT2D eigenvalue weighted by Gasteiger charge is 2.25. The van der Waals surface area contributed by atoms with Crippen LogP contribution in [0.2, 0.25) is 0 Å². The largest absolute Gasteiger partial charge is 0.490 e. The summed E-state index contributed by atoms with van der Waals surface area (Å²) >= 11 is 0. The topological polar surface area (TPSA) is 191 Å². The highest BCUT2D eigenvalue weighted by molar-refractivity contribution is 5.72. The third-order valence-electron chi connectivity index (χ3n) is 5.98. The molecule has 0 bridgehead atoms. The quantitative estimate of drug-likeness (QED) is 0.162. The van der Waals surface area contributed by atoms with Crippen molar-refractivity contribution in [3.63, 3.8) is 0 Å². The van der Waals surface area contributed by atoms with Gasteiger partial charge in [-0.3, -0.25) is 4.68 Å². The third-order valence-corrected chi connectivity index (χ3v) is 5.98. The summed E-state index contributed by atoms with van der Waals surface area (Å²) in [4.78, 5) is 50.0. The van der Waals surface area contributed by atoms with E-state index in [1.807, 2.05) is 6.07 Å². The first kappa shape index (κ1) is 39.6. The second-order valence-corrected chi connectivity index (χ2v) is 14.0. The van der Waals surface area contributed by atoms with Gasteiger partial charge in [0.05, 0.1) is 17.9 Å². The van der Waals surface area contributed by atoms with E-state index in [4.69, 9.17) is 29.2 Å². The van der Waals surface area contributed by atoms with Gasteiger partial charge in [0.25, 0.3) is 0 Å². The summed E-state index contributed by atoms with van der Waals surface area (Å²) in [6.07, 6.45) is -2.88. The van der Waals surface area contributed by atoms with Crippen molar-refractivity contribution in [3.8, 4) is 17.0 Å². The number of aliphatic hydroxyl groups excluding tert-OH is 1. The van der Waals surface area contributed by atoms with Gasteiger partial charge in [0.15, 0.2) is 6.10 Å². The number of carboxylic acids is 1. The number of aromatic nitrogens is 2. The van der Waals surface area contributed by atoms with Crippen molar-refractivity contribution in [2.75, 3.05) is 26.2 Å². The molecule has 0 aliphatic heterocycles. The lowest BCUT2D eigenvalue weighted by Crippen LogP contribution is -2.42. The minimum Gasteiger partial charge on any atom is -0.490 e. The minimum absolute atomic E-state index is 0.0890. The van der Waals surface area contributed by atoms with Gasteiger partial charge in [-0.15, -0.1) is 0 Å². The van der Waals surface area contributed by atoms with Crippen molar-refractivity contribution in [2.45, 2.75) is 105 Å². The van der Waals surface area contributed by atoms with Crippen molar-refractivity contribution in [1.29, 1.82) is 0 Å². The van der Waals surface area contributed by atoms with E-state index < -0.39 is 53.8 Å². The van der Waals surface area contributed by atoms with E-state index in [1.165, 1.54) is 4.90 Å². The Hall–Kier alpha value is -4.53. The zero-order valence-electron chi connectivity index (χ0n) is 29.4. The summed E-state index contributed by atoms with van der Waals surface area (Å²) in [6, 6.07) is 8.55. The van der Waals surface area contributed by atoms with Crippen LogP contribution < -0.4 is 15.4 Å². The summed E-state index contributed by atoms with van der Waals surface area (Å²) in [5, 5.41) is 28.5. The lowest BCUT2D eigenvalue weighted by atomic mass is 10.1. The molecule has 1 atom stereocenters. The van der Waals surface area contributed by atoms with Crippen LogP contribution in [0.1, 0.15) is 74.4 Å². The Morgan fingerprint density at radius 2 is 1.40 bits per heavy atom. The number of nitrogens with one attached hydrogen (secondary N) is 2. The Bertz CT molecular complexity index is 1370. The van der Waals surface area contributed by atoms with E-state index >= 15 is 0 Å². The summed E-state index contributed by atoms with van der Waals surface area (Å²) in [7, 11) is 0. The first-order chi connectivity index (χ1) is 22.1. The first-order valence-electron chi connectivity index (χ1n) is 15.7. The molecule has 1 heterocycles. The second kappa shape index (κ2) is 17.0. The minimum atomic E-state index is -1.65.